The van der Waals surface area contributed by atoms with Gasteiger partial charge in [0.25, 0.3) is 0 Å². The molecule has 1 heterocycles. The number of methoxy groups -OCH3 is 1. The zero-order valence-electron chi connectivity index (χ0n) is 13.0. The van der Waals surface area contributed by atoms with Crippen LogP contribution < -0.4 is 15.4 Å². The van der Waals surface area contributed by atoms with Crippen LogP contribution in [0.25, 0.3) is 0 Å². The minimum absolute atomic E-state index is 0. The predicted octanol–water partition coefficient (Wildman–Crippen LogP) is 3.45. The molecule has 1 aliphatic rings. The molecule has 0 radical (unpaired) electrons. The van der Waals surface area contributed by atoms with Crippen LogP contribution in [-0.2, 0) is 4.79 Å². The Hall–Kier alpha value is -0.780. The van der Waals surface area contributed by atoms with E-state index in [9.17, 15) is 4.79 Å². The molecular weight excluding hydrogens is 368 g/mol. The van der Waals surface area contributed by atoms with E-state index in [1.54, 1.807) is 7.11 Å². The summed E-state index contributed by atoms with van der Waals surface area (Å²) >= 11 is 3.48. The Labute approximate surface area is 146 Å². The molecular formula is C16H24BrClN2O2. The highest BCUT2D eigenvalue weighted by Crippen LogP contribution is 2.28. The molecule has 1 amide bonds. The van der Waals surface area contributed by atoms with Gasteiger partial charge in [-0.15, -0.1) is 12.4 Å². The Bertz CT molecular complexity index is 493. The van der Waals surface area contributed by atoms with Crippen molar-refractivity contribution in [3.63, 3.8) is 0 Å². The van der Waals surface area contributed by atoms with Crippen LogP contribution in [0.3, 0.4) is 0 Å². The van der Waals surface area contributed by atoms with Gasteiger partial charge in [-0.3, -0.25) is 4.79 Å². The van der Waals surface area contributed by atoms with Gasteiger partial charge in [0.05, 0.1) is 17.6 Å². The van der Waals surface area contributed by atoms with Gasteiger partial charge >= 0.3 is 0 Å². The van der Waals surface area contributed by atoms with Crippen molar-refractivity contribution in [2.24, 2.45) is 5.92 Å². The number of piperidine rings is 1. The molecule has 1 fully saturated rings. The lowest BCUT2D eigenvalue weighted by Crippen LogP contribution is -2.33. The number of carbonyl (C=O) groups excluding carboxylic acids is 1. The van der Waals surface area contributed by atoms with Crippen molar-refractivity contribution in [1.82, 2.24) is 10.6 Å². The van der Waals surface area contributed by atoms with Crippen LogP contribution >= 0.6 is 28.3 Å². The molecule has 0 saturated carbocycles. The minimum atomic E-state index is 0. The zero-order chi connectivity index (χ0) is 15.2. The quantitative estimate of drug-likeness (QED) is 0.808. The van der Waals surface area contributed by atoms with Gasteiger partial charge in [0.1, 0.15) is 5.75 Å². The number of carbonyl (C=O) groups is 1. The minimum Gasteiger partial charge on any atom is -0.496 e. The number of hydrogen-bond acceptors (Lipinski definition) is 3. The van der Waals surface area contributed by atoms with Gasteiger partial charge in [-0.25, -0.2) is 0 Å². The summed E-state index contributed by atoms with van der Waals surface area (Å²) in [6.45, 7) is 4.06. The summed E-state index contributed by atoms with van der Waals surface area (Å²) in [6, 6.07) is 5.89. The first-order valence-electron chi connectivity index (χ1n) is 7.43. The van der Waals surface area contributed by atoms with E-state index in [1.165, 1.54) is 0 Å². The first kappa shape index (κ1) is 19.3. The van der Waals surface area contributed by atoms with Gasteiger partial charge in [0, 0.05) is 6.42 Å². The second-order valence-corrected chi connectivity index (χ2v) is 6.44. The van der Waals surface area contributed by atoms with Crippen LogP contribution in [-0.4, -0.2) is 26.1 Å². The maximum atomic E-state index is 12.1. The third kappa shape index (κ3) is 5.45. The average molecular weight is 392 g/mol. The van der Waals surface area contributed by atoms with Gasteiger partial charge < -0.3 is 15.4 Å². The fraction of sp³-hybridized carbons (Fsp3) is 0.562. The number of hydrogen-bond donors (Lipinski definition) is 2. The van der Waals surface area contributed by atoms with Crippen LogP contribution in [0.15, 0.2) is 22.7 Å². The van der Waals surface area contributed by atoms with E-state index in [1.807, 2.05) is 25.1 Å². The second-order valence-electron chi connectivity index (χ2n) is 5.58. The van der Waals surface area contributed by atoms with E-state index in [0.717, 1.165) is 41.7 Å². The van der Waals surface area contributed by atoms with Crippen LogP contribution in [0.4, 0.5) is 0 Å². The van der Waals surface area contributed by atoms with Gasteiger partial charge in [0.15, 0.2) is 0 Å². The fourth-order valence-electron chi connectivity index (χ4n) is 2.68. The number of amides is 1. The molecule has 1 atom stereocenters. The standard InChI is InChI=1S/C16H23BrN2O2.ClH/c1-11(13-3-4-15(21-2)14(17)10-13)19-16(20)9-12-5-7-18-8-6-12;/h3-4,10-12,18H,5-9H2,1-2H3,(H,19,20);1H. The second kappa shape index (κ2) is 9.38. The number of nitrogens with one attached hydrogen (secondary N) is 2. The lowest BCUT2D eigenvalue weighted by atomic mass is 9.94. The Morgan fingerprint density at radius 2 is 2.14 bits per heavy atom. The molecule has 124 valence electrons. The van der Waals surface area contributed by atoms with Crippen LogP contribution in [0, 0.1) is 5.92 Å². The number of benzene rings is 1. The van der Waals surface area contributed by atoms with Crippen molar-refractivity contribution >= 4 is 34.2 Å². The van der Waals surface area contributed by atoms with Crippen molar-refractivity contribution in [2.45, 2.75) is 32.2 Å². The normalized spacial score (nSPS) is 16.5. The van der Waals surface area contributed by atoms with Gasteiger partial charge in [-0.2, -0.15) is 0 Å². The van der Waals surface area contributed by atoms with Gasteiger partial charge in [-0.1, -0.05) is 6.07 Å². The summed E-state index contributed by atoms with van der Waals surface area (Å²) in [5, 5.41) is 6.41. The Kier molecular flexibility index (Phi) is 8.21. The summed E-state index contributed by atoms with van der Waals surface area (Å²) in [7, 11) is 1.64. The monoisotopic (exact) mass is 390 g/mol. The van der Waals surface area contributed by atoms with Crippen molar-refractivity contribution in [3.8, 4) is 5.75 Å². The summed E-state index contributed by atoms with van der Waals surface area (Å²) in [4.78, 5) is 12.1. The molecule has 0 aliphatic carbocycles. The Balaban J connectivity index is 0.00000242. The average Bonchev–Trinajstić information content (AvgIpc) is 2.48. The Morgan fingerprint density at radius 1 is 1.45 bits per heavy atom. The topological polar surface area (TPSA) is 50.4 Å². The molecule has 4 nitrogen and oxygen atoms in total. The highest BCUT2D eigenvalue weighted by Gasteiger charge is 2.18. The molecule has 2 rings (SSSR count). The predicted molar refractivity (Wildman–Crippen MR) is 94.7 cm³/mol. The highest BCUT2D eigenvalue weighted by molar-refractivity contribution is 9.10. The van der Waals surface area contributed by atoms with E-state index >= 15 is 0 Å². The number of halogens is 2. The number of ether oxygens (including phenoxy) is 1. The maximum absolute atomic E-state index is 12.1. The van der Waals surface area contributed by atoms with Crippen LogP contribution in [0.5, 0.6) is 5.75 Å². The maximum Gasteiger partial charge on any atom is 0.220 e. The summed E-state index contributed by atoms with van der Waals surface area (Å²) in [5.74, 6) is 1.45. The van der Waals surface area contributed by atoms with E-state index in [-0.39, 0.29) is 24.4 Å². The van der Waals surface area contributed by atoms with E-state index < -0.39 is 0 Å². The highest BCUT2D eigenvalue weighted by atomic mass is 79.9. The van der Waals surface area contributed by atoms with Crippen molar-refractivity contribution < 1.29 is 9.53 Å². The largest absolute Gasteiger partial charge is 0.496 e. The lowest BCUT2D eigenvalue weighted by molar-refractivity contribution is -0.122. The fourth-order valence-corrected chi connectivity index (χ4v) is 3.24. The molecule has 1 aliphatic heterocycles. The first-order chi connectivity index (χ1) is 10.1. The van der Waals surface area contributed by atoms with Crippen LogP contribution in [0.1, 0.15) is 37.8 Å². The third-order valence-corrected chi connectivity index (χ3v) is 4.61. The Morgan fingerprint density at radius 3 is 2.73 bits per heavy atom. The molecule has 1 aromatic rings. The van der Waals surface area contributed by atoms with Crippen molar-refractivity contribution in [3.05, 3.63) is 28.2 Å². The SMILES string of the molecule is COc1ccc(C(C)NC(=O)CC2CCNCC2)cc1Br.Cl. The summed E-state index contributed by atoms with van der Waals surface area (Å²) in [6.07, 6.45) is 2.81. The molecule has 1 unspecified atom stereocenters. The molecule has 0 spiro atoms. The molecule has 1 saturated heterocycles. The zero-order valence-corrected chi connectivity index (χ0v) is 15.4. The first-order valence-corrected chi connectivity index (χ1v) is 8.23. The van der Waals surface area contributed by atoms with E-state index in [4.69, 9.17) is 4.74 Å². The van der Waals surface area contributed by atoms with Crippen molar-refractivity contribution in [2.75, 3.05) is 20.2 Å². The van der Waals surface area contributed by atoms with Crippen LogP contribution in [0.2, 0.25) is 0 Å². The summed E-state index contributed by atoms with van der Waals surface area (Å²) in [5.41, 5.74) is 1.07. The number of rotatable bonds is 5. The smallest absolute Gasteiger partial charge is 0.220 e. The molecule has 1 aromatic carbocycles. The van der Waals surface area contributed by atoms with Gasteiger partial charge in [-0.05, 0) is 72.4 Å². The van der Waals surface area contributed by atoms with E-state index in [0.29, 0.717) is 12.3 Å². The molecule has 22 heavy (non-hydrogen) atoms. The molecule has 6 heteroatoms. The van der Waals surface area contributed by atoms with Gasteiger partial charge in [0.2, 0.25) is 5.91 Å². The molecule has 0 aromatic heterocycles. The molecule has 0 bridgehead atoms. The lowest BCUT2D eigenvalue weighted by Gasteiger charge is -2.23. The summed E-state index contributed by atoms with van der Waals surface area (Å²) < 4.78 is 6.13. The van der Waals surface area contributed by atoms with Crippen molar-refractivity contribution in [1.29, 1.82) is 0 Å². The third-order valence-electron chi connectivity index (χ3n) is 3.99. The van der Waals surface area contributed by atoms with E-state index in [2.05, 4.69) is 26.6 Å². The molecule has 2 N–H and O–H groups in total.